The highest BCUT2D eigenvalue weighted by Gasteiger charge is 2.20. The molecule has 0 spiro atoms. The lowest BCUT2D eigenvalue weighted by Gasteiger charge is -2.24. The second-order valence-electron chi connectivity index (χ2n) is 5.62. The van der Waals surface area contributed by atoms with Gasteiger partial charge in [0.2, 0.25) is 5.91 Å². The number of anilines is 1. The van der Waals surface area contributed by atoms with Crippen LogP contribution in [0.4, 0.5) is 15.8 Å². The number of nitro benzene ring substituents is 1. The number of non-ortho nitro benzene ring substituents is 1. The van der Waals surface area contributed by atoms with Crippen molar-refractivity contribution in [1.82, 2.24) is 4.90 Å². The number of nitro groups is 1. The molecule has 0 bridgehead atoms. The van der Waals surface area contributed by atoms with Gasteiger partial charge in [-0.05, 0) is 43.8 Å². The zero-order chi connectivity index (χ0) is 18.6. The molecule has 2 aromatic rings. The van der Waals surface area contributed by atoms with E-state index >= 15 is 0 Å². The van der Waals surface area contributed by atoms with Crippen molar-refractivity contribution in [2.24, 2.45) is 0 Å². The van der Waals surface area contributed by atoms with Gasteiger partial charge in [0, 0.05) is 29.4 Å². The van der Waals surface area contributed by atoms with Crippen molar-refractivity contribution in [3.05, 3.63) is 69.0 Å². The lowest BCUT2D eigenvalue weighted by molar-refractivity contribution is -0.384. The summed E-state index contributed by atoms with van der Waals surface area (Å²) in [6.45, 7) is 1.93. The smallest absolute Gasteiger partial charge is 0.269 e. The van der Waals surface area contributed by atoms with Gasteiger partial charge >= 0.3 is 0 Å². The van der Waals surface area contributed by atoms with E-state index in [2.05, 4.69) is 5.32 Å². The van der Waals surface area contributed by atoms with Crippen LogP contribution < -0.4 is 5.32 Å². The monoisotopic (exact) mass is 365 g/mol. The minimum atomic E-state index is -0.557. The van der Waals surface area contributed by atoms with E-state index in [0.717, 1.165) is 0 Å². The van der Waals surface area contributed by atoms with Gasteiger partial charge in [-0.3, -0.25) is 19.8 Å². The summed E-state index contributed by atoms with van der Waals surface area (Å²) in [7, 11) is 1.70. The number of rotatable bonds is 6. The number of amides is 1. The number of hydrogen-bond acceptors (Lipinski definition) is 4. The molecule has 1 amide bonds. The summed E-state index contributed by atoms with van der Waals surface area (Å²) in [5.74, 6) is -0.767. The van der Waals surface area contributed by atoms with Crippen LogP contribution in [0.25, 0.3) is 0 Å². The Hall–Kier alpha value is -2.51. The summed E-state index contributed by atoms with van der Waals surface area (Å²) in [4.78, 5) is 24.4. The molecule has 8 heteroatoms. The van der Waals surface area contributed by atoms with Gasteiger partial charge in [-0.1, -0.05) is 17.7 Å². The van der Waals surface area contributed by atoms with Gasteiger partial charge in [0.25, 0.3) is 5.69 Å². The maximum absolute atomic E-state index is 13.2. The molecule has 6 nitrogen and oxygen atoms in total. The van der Waals surface area contributed by atoms with E-state index in [9.17, 15) is 19.3 Å². The molecule has 0 saturated heterocycles. The van der Waals surface area contributed by atoms with E-state index in [1.54, 1.807) is 24.9 Å². The number of nitrogens with zero attached hydrogens (tertiary/aromatic N) is 2. The Balaban J connectivity index is 2.07. The number of carbonyl (C=O) groups excluding carboxylic acids is 1. The Bertz CT molecular complexity index is 800. The van der Waals surface area contributed by atoms with Crippen LogP contribution in [0.5, 0.6) is 0 Å². The number of nitrogens with one attached hydrogen (secondary N) is 1. The summed E-state index contributed by atoms with van der Waals surface area (Å²) in [6, 6.07) is 9.21. The molecule has 0 aliphatic heterocycles. The highest BCUT2D eigenvalue weighted by Crippen LogP contribution is 2.23. The molecule has 0 aromatic heterocycles. The highest BCUT2D eigenvalue weighted by molar-refractivity contribution is 6.31. The largest absolute Gasteiger partial charge is 0.325 e. The normalized spacial score (nSPS) is 12.0. The van der Waals surface area contributed by atoms with Crippen molar-refractivity contribution in [2.75, 3.05) is 12.4 Å². The Morgan fingerprint density at radius 3 is 2.72 bits per heavy atom. The molecule has 1 atom stereocenters. The summed E-state index contributed by atoms with van der Waals surface area (Å²) in [5.41, 5.74) is 0.840. The molecule has 0 heterocycles. The van der Waals surface area contributed by atoms with E-state index < -0.39 is 16.8 Å². The molecule has 2 aromatic carbocycles. The quantitative estimate of drug-likeness (QED) is 0.623. The molecule has 0 aliphatic carbocycles. The summed E-state index contributed by atoms with van der Waals surface area (Å²) >= 11 is 6.08. The molecular formula is C17H17ClFN3O3. The van der Waals surface area contributed by atoms with Gasteiger partial charge in [0.1, 0.15) is 5.82 Å². The second kappa shape index (κ2) is 8.04. The van der Waals surface area contributed by atoms with Crippen LogP contribution in [0.2, 0.25) is 5.02 Å². The Labute approximate surface area is 149 Å². The van der Waals surface area contributed by atoms with Gasteiger partial charge in [-0.2, -0.15) is 0 Å². The first-order chi connectivity index (χ1) is 11.8. The molecule has 1 N–H and O–H groups in total. The second-order valence-corrected chi connectivity index (χ2v) is 6.03. The van der Waals surface area contributed by atoms with Crippen LogP contribution in [0.1, 0.15) is 12.5 Å². The SMILES string of the molecule is CC(C(=O)Nc1cccc(F)c1)N(C)Cc1cc([N+](=O)[O-])ccc1Cl. The van der Waals surface area contributed by atoms with Crippen LogP contribution in [-0.2, 0) is 11.3 Å². The molecule has 2 rings (SSSR count). The van der Waals surface area contributed by atoms with Crippen LogP contribution in [-0.4, -0.2) is 28.8 Å². The Morgan fingerprint density at radius 1 is 1.36 bits per heavy atom. The van der Waals surface area contributed by atoms with E-state index in [0.29, 0.717) is 16.3 Å². The Morgan fingerprint density at radius 2 is 2.08 bits per heavy atom. The summed E-state index contributed by atoms with van der Waals surface area (Å²) < 4.78 is 13.2. The van der Waals surface area contributed by atoms with Crippen molar-refractivity contribution < 1.29 is 14.1 Å². The van der Waals surface area contributed by atoms with Crippen LogP contribution in [0.15, 0.2) is 42.5 Å². The standard InChI is InChI=1S/C17H17ClFN3O3/c1-11(17(23)20-14-5-3-4-13(19)9-14)21(2)10-12-8-15(22(24)25)6-7-16(12)18/h3-9,11H,10H2,1-2H3,(H,20,23). The van der Waals surface area contributed by atoms with E-state index in [4.69, 9.17) is 11.6 Å². The minimum Gasteiger partial charge on any atom is -0.325 e. The number of likely N-dealkylation sites (N-methyl/N-ethyl adjacent to an activating group) is 1. The summed E-state index contributed by atoms with van der Waals surface area (Å²) in [6.07, 6.45) is 0. The maximum Gasteiger partial charge on any atom is 0.269 e. The first-order valence-corrected chi connectivity index (χ1v) is 7.85. The molecule has 0 aliphatic rings. The van der Waals surface area contributed by atoms with Crippen LogP contribution >= 0.6 is 11.6 Å². The molecule has 0 radical (unpaired) electrons. The van der Waals surface area contributed by atoms with Crippen LogP contribution in [0, 0.1) is 15.9 Å². The van der Waals surface area contributed by atoms with Crippen molar-refractivity contribution in [1.29, 1.82) is 0 Å². The molecule has 25 heavy (non-hydrogen) atoms. The fourth-order valence-electron chi connectivity index (χ4n) is 2.21. The predicted molar refractivity (Wildman–Crippen MR) is 94.1 cm³/mol. The highest BCUT2D eigenvalue weighted by atomic mass is 35.5. The maximum atomic E-state index is 13.2. The van der Waals surface area contributed by atoms with E-state index in [1.807, 2.05) is 0 Å². The lowest BCUT2D eigenvalue weighted by atomic mass is 10.1. The van der Waals surface area contributed by atoms with Gasteiger partial charge < -0.3 is 5.32 Å². The van der Waals surface area contributed by atoms with Crippen molar-refractivity contribution in [3.63, 3.8) is 0 Å². The molecule has 0 fully saturated rings. The number of halogens is 2. The third kappa shape index (κ3) is 4.98. The van der Waals surface area contributed by atoms with Gasteiger partial charge in [-0.25, -0.2) is 4.39 Å². The molecule has 0 saturated carbocycles. The van der Waals surface area contributed by atoms with Crippen LogP contribution in [0.3, 0.4) is 0 Å². The van der Waals surface area contributed by atoms with Crippen molar-refractivity contribution in [2.45, 2.75) is 19.5 Å². The molecule has 132 valence electrons. The number of hydrogen-bond donors (Lipinski definition) is 1. The fourth-order valence-corrected chi connectivity index (χ4v) is 2.39. The summed E-state index contributed by atoms with van der Waals surface area (Å²) in [5, 5.41) is 13.9. The topological polar surface area (TPSA) is 75.5 Å². The van der Waals surface area contributed by atoms with Crippen molar-refractivity contribution >= 4 is 28.9 Å². The fraction of sp³-hybridized carbons (Fsp3) is 0.235. The molecular weight excluding hydrogens is 349 g/mol. The average Bonchev–Trinajstić information content (AvgIpc) is 2.55. The van der Waals surface area contributed by atoms with E-state index in [-0.39, 0.29) is 18.1 Å². The first kappa shape index (κ1) is 18.8. The van der Waals surface area contributed by atoms with Gasteiger partial charge in [-0.15, -0.1) is 0 Å². The van der Waals surface area contributed by atoms with E-state index in [1.165, 1.54) is 36.4 Å². The zero-order valence-electron chi connectivity index (χ0n) is 13.7. The third-order valence-corrected chi connectivity index (χ3v) is 4.16. The van der Waals surface area contributed by atoms with Gasteiger partial charge in [0.05, 0.1) is 11.0 Å². The predicted octanol–water partition coefficient (Wildman–Crippen LogP) is 3.85. The third-order valence-electron chi connectivity index (χ3n) is 3.79. The first-order valence-electron chi connectivity index (χ1n) is 7.47. The minimum absolute atomic E-state index is 0.0651. The number of benzene rings is 2. The van der Waals surface area contributed by atoms with Gasteiger partial charge in [0.15, 0.2) is 0 Å². The molecule has 1 unspecified atom stereocenters. The number of carbonyl (C=O) groups is 1. The average molecular weight is 366 g/mol. The zero-order valence-corrected chi connectivity index (χ0v) is 14.5. The van der Waals surface area contributed by atoms with Crippen molar-refractivity contribution in [3.8, 4) is 0 Å². The Kier molecular flexibility index (Phi) is 6.06. The lowest BCUT2D eigenvalue weighted by Crippen LogP contribution is -2.39.